The predicted molar refractivity (Wildman–Crippen MR) is 162 cm³/mol. The van der Waals surface area contributed by atoms with Crippen molar-refractivity contribution in [2.45, 2.75) is 94.8 Å². The lowest BCUT2D eigenvalue weighted by molar-refractivity contribution is -0.131. The fourth-order valence-electron chi connectivity index (χ4n) is 6.12. The van der Waals surface area contributed by atoms with Gasteiger partial charge in [0.25, 0.3) is 0 Å². The molecule has 3 aromatic rings. The van der Waals surface area contributed by atoms with Crippen LogP contribution in [0.5, 0.6) is 0 Å². The van der Waals surface area contributed by atoms with Gasteiger partial charge in [-0.2, -0.15) is 9.97 Å². The Labute approximate surface area is 246 Å². The van der Waals surface area contributed by atoms with Crippen LogP contribution >= 0.6 is 36.2 Å². The van der Waals surface area contributed by atoms with Crippen LogP contribution in [0.25, 0.3) is 11.2 Å². The summed E-state index contributed by atoms with van der Waals surface area (Å²) < 4.78 is 2.27. The highest BCUT2D eigenvalue weighted by molar-refractivity contribution is 7.10. The van der Waals surface area contributed by atoms with E-state index in [4.69, 9.17) is 20.7 Å². The molecule has 6 rings (SSSR count). The number of carbonyl (C=O) groups is 1. The number of imidazole rings is 1. The number of likely N-dealkylation sites (tertiary alicyclic amines) is 1. The minimum Gasteiger partial charge on any atom is -0.365 e. The highest BCUT2D eigenvalue weighted by Crippen LogP contribution is 2.34. The second kappa shape index (κ2) is 13.5. The van der Waals surface area contributed by atoms with Gasteiger partial charge in [-0.3, -0.25) is 4.79 Å². The Balaban J connectivity index is 0.00000176. The summed E-state index contributed by atoms with van der Waals surface area (Å²) in [5.74, 6) is 1.71. The van der Waals surface area contributed by atoms with Crippen LogP contribution in [0.2, 0.25) is 0 Å². The van der Waals surface area contributed by atoms with E-state index >= 15 is 0 Å². The monoisotopic (exact) mass is 594 g/mol. The van der Waals surface area contributed by atoms with Gasteiger partial charge in [-0.15, -0.1) is 36.2 Å². The van der Waals surface area contributed by atoms with Gasteiger partial charge in [0.2, 0.25) is 11.9 Å². The molecule has 214 valence electrons. The number of aromatic nitrogens is 4. The molecule has 0 unspecified atom stereocenters. The van der Waals surface area contributed by atoms with Crippen molar-refractivity contribution >= 4 is 65.0 Å². The van der Waals surface area contributed by atoms with Crippen LogP contribution in [0.3, 0.4) is 0 Å². The number of anilines is 2. The number of fused-ring (bicyclic) bond motifs is 1. The number of amides is 1. The highest BCUT2D eigenvalue weighted by Gasteiger charge is 2.27. The molecule has 3 fully saturated rings. The molecule has 2 saturated carbocycles. The van der Waals surface area contributed by atoms with Crippen molar-refractivity contribution in [3.8, 4) is 0 Å². The van der Waals surface area contributed by atoms with E-state index in [-0.39, 0.29) is 36.8 Å². The number of halogens is 2. The summed E-state index contributed by atoms with van der Waals surface area (Å²) in [6.07, 6.45) is 13.3. The zero-order valence-electron chi connectivity index (χ0n) is 22.3. The number of hydrogen-bond acceptors (Lipinski definition) is 8. The van der Waals surface area contributed by atoms with Crippen LogP contribution in [-0.4, -0.2) is 61.5 Å². The third kappa shape index (κ3) is 6.96. The Morgan fingerprint density at radius 1 is 0.974 bits per heavy atom. The molecular formula is C27H40Cl2N8OS. The standard InChI is InChI=1S/C27H38N8OS.2ClH/c28-18-7-9-19(10-8-18)31-27-32-25(24-26(33-27)35(17-29-24)21-4-1-2-5-21)30-20-11-13-34(14-12-20)23(36)16-22-6-3-15-37-22;;/h3,6,15,17-21H,1-2,4-5,7-14,16,28H2,(H2,30,31,32,33);2*1H/t18-,19-;;. The molecule has 39 heavy (non-hydrogen) atoms. The Bertz CT molecular complexity index is 1200. The molecule has 1 saturated heterocycles. The lowest BCUT2D eigenvalue weighted by Crippen LogP contribution is -2.43. The lowest BCUT2D eigenvalue weighted by Gasteiger charge is -2.33. The van der Waals surface area contributed by atoms with Gasteiger partial charge >= 0.3 is 0 Å². The molecule has 0 atom stereocenters. The van der Waals surface area contributed by atoms with E-state index in [1.54, 1.807) is 11.3 Å². The van der Waals surface area contributed by atoms with Crippen molar-refractivity contribution in [3.63, 3.8) is 0 Å². The smallest absolute Gasteiger partial charge is 0.227 e. The Hall–Kier alpha value is -2.14. The van der Waals surface area contributed by atoms with E-state index in [2.05, 4.69) is 15.2 Å². The fraction of sp³-hybridized carbons (Fsp3) is 0.630. The quantitative estimate of drug-likeness (QED) is 0.345. The highest BCUT2D eigenvalue weighted by atomic mass is 35.5. The largest absolute Gasteiger partial charge is 0.365 e. The number of nitrogens with two attached hydrogens (primary N) is 1. The summed E-state index contributed by atoms with van der Waals surface area (Å²) in [7, 11) is 0. The molecule has 2 aliphatic carbocycles. The van der Waals surface area contributed by atoms with Crippen LogP contribution in [0.4, 0.5) is 11.8 Å². The molecule has 12 heteroatoms. The summed E-state index contributed by atoms with van der Waals surface area (Å²) in [4.78, 5) is 30.6. The van der Waals surface area contributed by atoms with Gasteiger partial charge in [-0.1, -0.05) is 18.9 Å². The Kier molecular flexibility index (Phi) is 10.3. The summed E-state index contributed by atoms with van der Waals surface area (Å²) >= 11 is 1.65. The van der Waals surface area contributed by atoms with Crippen molar-refractivity contribution in [3.05, 3.63) is 28.7 Å². The molecule has 3 aromatic heterocycles. The summed E-state index contributed by atoms with van der Waals surface area (Å²) in [5, 5.41) is 9.33. The third-order valence-corrected chi connectivity index (χ3v) is 9.22. The second-order valence-electron chi connectivity index (χ2n) is 11.0. The zero-order chi connectivity index (χ0) is 25.2. The van der Waals surface area contributed by atoms with Crippen molar-refractivity contribution in [1.29, 1.82) is 0 Å². The maximum Gasteiger partial charge on any atom is 0.227 e. The minimum absolute atomic E-state index is 0. The van der Waals surface area contributed by atoms with Gasteiger partial charge in [-0.05, 0) is 62.8 Å². The number of piperidine rings is 1. The molecule has 9 nitrogen and oxygen atoms in total. The first-order valence-corrected chi connectivity index (χ1v) is 14.8. The van der Waals surface area contributed by atoms with Crippen LogP contribution in [0, 0.1) is 0 Å². The van der Waals surface area contributed by atoms with E-state index in [1.807, 2.05) is 28.7 Å². The number of carbonyl (C=O) groups excluding carboxylic acids is 1. The summed E-state index contributed by atoms with van der Waals surface area (Å²) in [5.41, 5.74) is 7.89. The molecule has 0 bridgehead atoms. The first-order valence-electron chi connectivity index (χ1n) is 14.0. The van der Waals surface area contributed by atoms with Gasteiger partial charge in [0.1, 0.15) is 0 Å². The van der Waals surface area contributed by atoms with Crippen molar-refractivity contribution in [2.75, 3.05) is 23.7 Å². The molecule has 0 radical (unpaired) electrons. The lowest BCUT2D eigenvalue weighted by atomic mass is 9.92. The number of nitrogens with zero attached hydrogens (tertiary/aromatic N) is 5. The molecule has 1 amide bonds. The molecule has 4 N–H and O–H groups in total. The van der Waals surface area contributed by atoms with E-state index in [0.717, 1.165) is 73.5 Å². The van der Waals surface area contributed by atoms with Crippen LogP contribution in [-0.2, 0) is 11.2 Å². The van der Waals surface area contributed by atoms with E-state index in [0.29, 0.717) is 30.5 Å². The average molecular weight is 596 g/mol. The zero-order valence-corrected chi connectivity index (χ0v) is 24.7. The van der Waals surface area contributed by atoms with E-state index < -0.39 is 0 Å². The molecule has 0 aromatic carbocycles. The number of nitrogens with one attached hydrogen (secondary N) is 2. The van der Waals surface area contributed by atoms with E-state index in [9.17, 15) is 4.79 Å². The van der Waals surface area contributed by atoms with Gasteiger partial charge in [0.15, 0.2) is 17.0 Å². The van der Waals surface area contributed by atoms with Gasteiger partial charge in [0, 0.05) is 42.1 Å². The van der Waals surface area contributed by atoms with Crippen molar-refractivity contribution < 1.29 is 4.79 Å². The maximum atomic E-state index is 12.8. The minimum atomic E-state index is 0. The molecule has 0 spiro atoms. The van der Waals surface area contributed by atoms with Crippen LogP contribution in [0.1, 0.15) is 75.1 Å². The first-order chi connectivity index (χ1) is 18.1. The fourth-order valence-corrected chi connectivity index (χ4v) is 6.81. The Morgan fingerprint density at radius 3 is 2.38 bits per heavy atom. The van der Waals surface area contributed by atoms with Gasteiger partial charge < -0.3 is 25.8 Å². The Morgan fingerprint density at radius 2 is 1.69 bits per heavy atom. The first kappa shape index (κ1) is 29.8. The van der Waals surface area contributed by atoms with Gasteiger partial charge in [-0.25, -0.2) is 4.98 Å². The van der Waals surface area contributed by atoms with E-state index in [1.165, 1.54) is 25.7 Å². The molecule has 3 aliphatic rings. The summed E-state index contributed by atoms with van der Waals surface area (Å²) in [6.45, 7) is 1.53. The van der Waals surface area contributed by atoms with Gasteiger partial charge in [0.05, 0.1) is 12.7 Å². The third-order valence-electron chi connectivity index (χ3n) is 8.34. The van der Waals surface area contributed by atoms with Crippen LogP contribution < -0.4 is 16.4 Å². The topological polar surface area (TPSA) is 114 Å². The number of rotatable bonds is 7. The molecular weight excluding hydrogens is 555 g/mol. The number of hydrogen-bond donors (Lipinski definition) is 3. The molecule has 1 aliphatic heterocycles. The molecule has 4 heterocycles. The predicted octanol–water partition coefficient (Wildman–Crippen LogP) is 5.17. The average Bonchev–Trinajstić information content (AvgIpc) is 3.68. The maximum absolute atomic E-state index is 12.8. The van der Waals surface area contributed by atoms with Crippen molar-refractivity contribution in [1.82, 2.24) is 24.4 Å². The summed E-state index contributed by atoms with van der Waals surface area (Å²) in [6, 6.07) is 5.42. The van der Waals surface area contributed by atoms with Crippen molar-refractivity contribution in [2.24, 2.45) is 5.73 Å². The number of thiophene rings is 1. The normalized spacial score (nSPS) is 22.3. The van der Waals surface area contributed by atoms with Crippen LogP contribution in [0.15, 0.2) is 23.8 Å². The SMILES string of the molecule is Cl.Cl.N[C@H]1CC[C@H](Nc2nc(NC3CCN(C(=O)Cc4cccs4)CC3)c3ncn(C4CCCC4)c3n2)CC1. The second-order valence-corrected chi connectivity index (χ2v) is 12.0.